The number of rotatable bonds is 7. The van der Waals surface area contributed by atoms with Crippen LogP contribution in [-0.2, 0) is 18.3 Å². The molecule has 1 atom stereocenters. The van der Waals surface area contributed by atoms with Crippen molar-refractivity contribution < 1.29 is 9.53 Å². The van der Waals surface area contributed by atoms with Crippen LogP contribution in [0, 0.1) is 13.8 Å². The molecular weight excluding hydrogens is 507 g/mol. The second kappa shape index (κ2) is 11.4. The van der Waals surface area contributed by atoms with Gasteiger partial charge in [0.2, 0.25) is 0 Å². The number of hydrogen-bond acceptors (Lipinski definition) is 4. The van der Waals surface area contributed by atoms with Crippen molar-refractivity contribution >= 4 is 41.5 Å². The first kappa shape index (κ1) is 25.0. The molecule has 0 bridgehead atoms. The first-order chi connectivity index (χ1) is 14.4. The lowest BCUT2D eigenvalue weighted by Crippen LogP contribution is -2.44. The molecule has 1 aliphatic rings. The molecule has 2 heterocycles. The fourth-order valence-corrected chi connectivity index (χ4v) is 3.74. The third kappa shape index (κ3) is 6.11. The van der Waals surface area contributed by atoms with Crippen LogP contribution < -0.4 is 20.3 Å². The van der Waals surface area contributed by atoms with Gasteiger partial charge in [0.05, 0.1) is 11.4 Å². The van der Waals surface area contributed by atoms with Crippen LogP contribution in [0.2, 0.25) is 0 Å². The molecule has 0 spiro atoms. The van der Waals surface area contributed by atoms with Gasteiger partial charge in [0.1, 0.15) is 5.75 Å². The van der Waals surface area contributed by atoms with E-state index in [0.29, 0.717) is 13.1 Å². The Morgan fingerprint density at radius 3 is 2.74 bits per heavy atom. The van der Waals surface area contributed by atoms with Gasteiger partial charge in [0.25, 0.3) is 5.91 Å². The minimum absolute atomic E-state index is 0. The Hall–Kier alpha value is -2.30. The predicted octanol–water partition coefficient (Wildman–Crippen LogP) is 2.57. The van der Waals surface area contributed by atoms with Crippen LogP contribution in [0.5, 0.6) is 5.75 Å². The molecule has 0 saturated heterocycles. The van der Waals surface area contributed by atoms with Gasteiger partial charge >= 0.3 is 0 Å². The normalized spacial score (nSPS) is 14.4. The quantitative estimate of drug-likeness (QED) is 0.244. The predicted molar refractivity (Wildman–Crippen MR) is 135 cm³/mol. The van der Waals surface area contributed by atoms with E-state index in [4.69, 9.17) is 4.74 Å². The number of carbonyl (C=O) groups excluding carboxylic acids is 1. The third-order valence-corrected chi connectivity index (χ3v) is 5.44. The number of halogens is 1. The second-order valence-electron chi connectivity index (χ2n) is 7.68. The number of carbonyl (C=O) groups is 1. The largest absolute Gasteiger partial charge is 0.482 e. The summed E-state index contributed by atoms with van der Waals surface area (Å²) in [6.07, 6.45) is 1.68. The van der Waals surface area contributed by atoms with Gasteiger partial charge in [-0.2, -0.15) is 5.10 Å². The molecule has 2 N–H and O–H groups in total. The monoisotopic (exact) mass is 540 g/mol. The molecule has 8 nitrogen and oxygen atoms in total. The summed E-state index contributed by atoms with van der Waals surface area (Å²) in [5, 5.41) is 11.3. The number of hydrogen-bond donors (Lipinski definition) is 2. The molecule has 1 amide bonds. The average Bonchev–Trinajstić information content (AvgIpc) is 2.97. The Balaban J connectivity index is 0.00000341. The average molecular weight is 540 g/mol. The summed E-state index contributed by atoms with van der Waals surface area (Å²) in [6, 6.07) is 7.87. The Morgan fingerprint density at radius 1 is 1.32 bits per heavy atom. The molecule has 0 saturated carbocycles. The van der Waals surface area contributed by atoms with Crippen molar-refractivity contribution in [1.82, 2.24) is 20.4 Å². The number of aromatic nitrogens is 2. The minimum Gasteiger partial charge on any atom is -0.482 e. The standard InChI is InChI=1S/C22H32N6O2.HI/c1-15(13-18-16(2)26-27(5)17(18)3)25-22(23-4)24-11-8-12-28-19-9-6-7-10-20(19)30-14-21(28)29;/h6-7,9-10,15H,8,11-14H2,1-5H3,(H2,23,24,25);1H. The minimum atomic E-state index is -0.00737. The molecule has 31 heavy (non-hydrogen) atoms. The maximum absolute atomic E-state index is 12.3. The molecule has 3 rings (SSSR count). The van der Waals surface area contributed by atoms with Crippen molar-refractivity contribution in [2.75, 3.05) is 31.6 Å². The highest BCUT2D eigenvalue weighted by Gasteiger charge is 2.24. The summed E-state index contributed by atoms with van der Waals surface area (Å²) in [7, 11) is 3.74. The highest BCUT2D eigenvalue weighted by Crippen LogP contribution is 2.31. The number of nitrogens with one attached hydrogen (secondary N) is 2. The number of fused-ring (bicyclic) bond motifs is 1. The van der Waals surface area contributed by atoms with E-state index in [1.807, 2.05) is 42.9 Å². The van der Waals surface area contributed by atoms with Crippen molar-refractivity contribution in [3.63, 3.8) is 0 Å². The SMILES string of the molecule is CN=C(NCCCN1C(=O)COc2ccccc21)NC(C)Cc1c(C)nn(C)c1C.I. The van der Waals surface area contributed by atoms with E-state index in [2.05, 4.69) is 34.6 Å². The third-order valence-electron chi connectivity index (χ3n) is 5.44. The fourth-order valence-electron chi connectivity index (χ4n) is 3.74. The van der Waals surface area contributed by atoms with E-state index in [1.54, 1.807) is 11.9 Å². The van der Waals surface area contributed by atoms with Gasteiger partial charge in [0.15, 0.2) is 12.6 Å². The Labute approximate surface area is 201 Å². The summed E-state index contributed by atoms with van der Waals surface area (Å²) in [6.45, 7) is 7.73. The second-order valence-corrected chi connectivity index (χ2v) is 7.68. The van der Waals surface area contributed by atoms with E-state index in [0.717, 1.165) is 35.9 Å². The first-order valence-corrected chi connectivity index (χ1v) is 10.4. The van der Waals surface area contributed by atoms with E-state index >= 15 is 0 Å². The van der Waals surface area contributed by atoms with Crippen LogP contribution in [0.3, 0.4) is 0 Å². The van der Waals surface area contributed by atoms with Crippen molar-refractivity contribution in [2.24, 2.45) is 12.0 Å². The first-order valence-electron chi connectivity index (χ1n) is 10.4. The highest BCUT2D eigenvalue weighted by atomic mass is 127. The Morgan fingerprint density at radius 2 is 2.06 bits per heavy atom. The number of aryl methyl sites for hydroxylation is 2. The van der Waals surface area contributed by atoms with E-state index in [-0.39, 0.29) is 42.5 Å². The fraction of sp³-hybridized carbons (Fsp3) is 0.500. The number of para-hydroxylation sites is 2. The van der Waals surface area contributed by atoms with E-state index in [1.165, 1.54) is 11.3 Å². The Bertz CT molecular complexity index is 927. The maximum atomic E-state index is 12.3. The summed E-state index contributed by atoms with van der Waals surface area (Å²) in [5.74, 6) is 1.51. The van der Waals surface area contributed by atoms with Crippen LogP contribution in [-0.4, -0.2) is 54.4 Å². The van der Waals surface area contributed by atoms with Crippen molar-refractivity contribution in [3.8, 4) is 5.75 Å². The van der Waals surface area contributed by atoms with Gasteiger partial charge in [-0.25, -0.2) is 0 Å². The molecule has 0 fully saturated rings. The van der Waals surface area contributed by atoms with Gasteiger partial charge in [-0.3, -0.25) is 14.5 Å². The lowest BCUT2D eigenvalue weighted by atomic mass is 10.1. The van der Waals surface area contributed by atoms with Gasteiger partial charge in [0, 0.05) is 38.9 Å². The molecule has 1 unspecified atom stereocenters. The number of aliphatic imine (C=N–C) groups is 1. The van der Waals surface area contributed by atoms with Crippen LogP contribution in [0.4, 0.5) is 5.69 Å². The zero-order valence-electron chi connectivity index (χ0n) is 18.9. The van der Waals surface area contributed by atoms with E-state index < -0.39 is 0 Å². The van der Waals surface area contributed by atoms with Crippen molar-refractivity contribution in [2.45, 2.75) is 39.7 Å². The molecule has 1 aromatic heterocycles. The van der Waals surface area contributed by atoms with Gasteiger partial charge in [-0.05, 0) is 51.3 Å². The number of anilines is 1. The van der Waals surface area contributed by atoms with Crippen LogP contribution >= 0.6 is 24.0 Å². The number of amides is 1. The zero-order chi connectivity index (χ0) is 21.7. The highest BCUT2D eigenvalue weighted by molar-refractivity contribution is 14.0. The Kier molecular flexibility index (Phi) is 9.15. The summed E-state index contributed by atoms with van der Waals surface area (Å²) < 4.78 is 7.42. The molecular formula is C22H33IN6O2. The van der Waals surface area contributed by atoms with Crippen LogP contribution in [0.1, 0.15) is 30.3 Å². The van der Waals surface area contributed by atoms with Gasteiger partial charge in [-0.1, -0.05) is 12.1 Å². The number of nitrogens with zero attached hydrogens (tertiary/aromatic N) is 4. The molecule has 9 heteroatoms. The smallest absolute Gasteiger partial charge is 0.265 e. The van der Waals surface area contributed by atoms with Crippen molar-refractivity contribution in [1.29, 1.82) is 0 Å². The zero-order valence-corrected chi connectivity index (χ0v) is 21.3. The van der Waals surface area contributed by atoms with E-state index in [9.17, 15) is 4.79 Å². The number of benzene rings is 1. The van der Waals surface area contributed by atoms with Crippen LogP contribution in [0.15, 0.2) is 29.3 Å². The van der Waals surface area contributed by atoms with Gasteiger partial charge < -0.3 is 20.3 Å². The molecule has 1 aromatic carbocycles. The maximum Gasteiger partial charge on any atom is 0.265 e. The number of ether oxygens (including phenoxy) is 1. The molecule has 1 aliphatic heterocycles. The van der Waals surface area contributed by atoms with Crippen molar-refractivity contribution in [3.05, 3.63) is 41.2 Å². The molecule has 170 valence electrons. The molecule has 2 aromatic rings. The summed E-state index contributed by atoms with van der Waals surface area (Å²) >= 11 is 0. The lowest BCUT2D eigenvalue weighted by Gasteiger charge is -2.29. The lowest BCUT2D eigenvalue weighted by molar-refractivity contribution is -0.121. The van der Waals surface area contributed by atoms with Gasteiger partial charge in [-0.15, -0.1) is 24.0 Å². The molecule has 0 radical (unpaired) electrons. The summed E-state index contributed by atoms with van der Waals surface area (Å²) in [4.78, 5) is 18.4. The topological polar surface area (TPSA) is 83.8 Å². The van der Waals surface area contributed by atoms with Crippen LogP contribution in [0.25, 0.3) is 0 Å². The number of guanidine groups is 1. The summed E-state index contributed by atoms with van der Waals surface area (Å²) in [5.41, 5.74) is 4.38. The molecule has 0 aliphatic carbocycles.